The summed E-state index contributed by atoms with van der Waals surface area (Å²) in [6.45, 7) is 6.90. The molecule has 0 aliphatic rings. The van der Waals surface area contributed by atoms with Gasteiger partial charge < -0.3 is 5.32 Å². The van der Waals surface area contributed by atoms with Crippen molar-refractivity contribution < 1.29 is 0 Å². The van der Waals surface area contributed by atoms with Gasteiger partial charge in [-0.2, -0.15) is 5.10 Å². The van der Waals surface area contributed by atoms with Gasteiger partial charge in [0.15, 0.2) is 5.13 Å². The molecule has 6 heteroatoms. The predicted molar refractivity (Wildman–Crippen MR) is 74.2 cm³/mol. The molecule has 2 rings (SSSR count). The van der Waals surface area contributed by atoms with Crippen molar-refractivity contribution in [2.24, 2.45) is 0 Å². The van der Waals surface area contributed by atoms with Gasteiger partial charge in [-0.1, -0.05) is 13.8 Å². The molecule has 0 radical (unpaired) electrons. The van der Waals surface area contributed by atoms with Crippen molar-refractivity contribution in [3.63, 3.8) is 0 Å². The highest BCUT2D eigenvalue weighted by molar-refractivity contribution is 7.14. The lowest BCUT2D eigenvalue weighted by molar-refractivity contribution is 0.778. The average molecular weight is 264 g/mol. The maximum absolute atomic E-state index is 11.8. The topological polar surface area (TPSA) is 70.7 Å². The third-order valence-electron chi connectivity index (χ3n) is 2.52. The van der Waals surface area contributed by atoms with E-state index in [-0.39, 0.29) is 11.5 Å². The average Bonchev–Trinajstić information content (AvgIpc) is 2.78. The maximum Gasteiger partial charge on any atom is 0.273 e. The molecule has 96 valence electrons. The number of H-pyrrole nitrogens is 1. The minimum absolute atomic E-state index is 0.201. The Morgan fingerprint density at radius 2 is 2.28 bits per heavy atom. The fourth-order valence-corrected chi connectivity index (χ4v) is 2.32. The Hall–Kier alpha value is -1.69. The Morgan fingerprint density at radius 3 is 2.94 bits per heavy atom. The van der Waals surface area contributed by atoms with Crippen LogP contribution in [-0.4, -0.2) is 21.7 Å². The molecule has 2 N–H and O–H groups in total. The summed E-state index contributed by atoms with van der Waals surface area (Å²) in [5, 5.41) is 12.4. The molecule has 0 aliphatic carbocycles. The monoisotopic (exact) mass is 264 g/mol. The standard InChI is InChI=1S/C12H16N4OS/c1-4-13-12-14-10(6-18-12)8-5-9(7(2)3)15-16-11(8)17/h5-7H,4H2,1-3H3,(H,13,14)(H,16,17). The minimum atomic E-state index is -0.201. The van der Waals surface area contributed by atoms with Gasteiger partial charge in [-0.3, -0.25) is 4.79 Å². The first-order valence-corrected chi connectivity index (χ1v) is 6.79. The van der Waals surface area contributed by atoms with E-state index in [9.17, 15) is 4.79 Å². The lowest BCUT2D eigenvalue weighted by atomic mass is 10.1. The number of anilines is 1. The molecule has 2 aromatic rings. The van der Waals surface area contributed by atoms with Crippen molar-refractivity contribution in [1.82, 2.24) is 15.2 Å². The summed E-state index contributed by atoms with van der Waals surface area (Å²) in [6.07, 6.45) is 0. The predicted octanol–water partition coefficient (Wildman–Crippen LogP) is 2.45. The van der Waals surface area contributed by atoms with E-state index >= 15 is 0 Å². The molecule has 2 heterocycles. The highest BCUT2D eigenvalue weighted by atomic mass is 32.1. The molecule has 5 nitrogen and oxygen atoms in total. The van der Waals surface area contributed by atoms with Gasteiger partial charge in [-0.05, 0) is 18.9 Å². The number of hydrogen-bond acceptors (Lipinski definition) is 5. The molecule has 0 spiro atoms. The van der Waals surface area contributed by atoms with Gasteiger partial charge in [0.2, 0.25) is 0 Å². The van der Waals surface area contributed by atoms with Crippen molar-refractivity contribution in [1.29, 1.82) is 0 Å². The third-order valence-corrected chi connectivity index (χ3v) is 3.32. The van der Waals surface area contributed by atoms with Gasteiger partial charge in [-0.15, -0.1) is 11.3 Å². The van der Waals surface area contributed by atoms with Crippen molar-refractivity contribution in [2.45, 2.75) is 26.7 Å². The second kappa shape index (κ2) is 5.30. The molecule has 0 saturated heterocycles. The summed E-state index contributed by atoms with van der Waals surface area (Å²) < 4.78 is 0. The van der Waals surface area contributed by atoms with Crippen LogP contribution in [0, 0.1) is 0 Å². The first kappa shape index (κ1) is 12.8. The number of hydrogen-bond donors (Lipinski definition) is 2. The third kappa shape index (κ3) is 2.59. The van der Waals surface area contributed by atoms with E-state index in [0.717, 1.165) is 17.4 Å². The number of aromatic nitrogens is 3. The Kier molecular flexibility index (Phi) is 3.76. The zero-order valence-corrected chi connectivity index (χ0v) is 11.5. The number of aromatic amines is 1. The van der Waals surface area contributed by atoms with Gasteiger partial charge in [0.25, 0.3) is 5.56 Å². The van der Waals surface area contributed by atoms with E-state index in [1.807, 2.05) is 32.2 Å². The highest BCUT2D eigenvalue weighted by Gasteiger charge is 2.11. The molecule has 0 bridgehead atoms. The van der Waals surface area contributed by atoms with Crippen molar-refractivity contribution >= 4 is 16.5 Å². The summed E-state index contributed by atoms with van der Waals surface area (Å²) in [6, 6.07) is 1.81. The molecule has 0 aliphatic heterocycles. The van der Waals surface area contributed by atoms with Crippen LogP contribution in [0.5, 0.6) is 0 Å². The van der Waals surface area contributed by atoms with Crippen LogP contribution in [0.1, 0.15) is 32.4 Å². The first-order valence-electron chi connectivity index (χ1n) is 5.91. The Balaban J connectivity index is 2.42. The quantitative estimate of drug-likeness (QED) is 0.890. The van der Waals surface area contributed by atoms with Gasteiger partial charge in [-0.25, -0.2) is 10.1 Å². The highest BCUT2D eigenvalue weighted by Crippen LogP contribution is 2.23. The van der Waals surface area contributed by atoms with Crippen LogP contribution < -0.4 is 10.9 Å². The molecule has 0 saturated carbocycles. The summed E-state index contributed by atoms with van der Waals surface area (Å²) in [5.74, 6) is 0.271. The van der Waals surface area contributed by atoms with Crippen molar-refractivity contribution in [3.8, 4) is 11.3 Å². The Labute approximate surface area is 109 Å². The molecular weight excluding hydrogens is 248 g/mol. The largest absolute Gasteiger partial charge is 0.362 e. The minimum Gasteiger partial charge on any atom is -0.362 e. The normalized spacial score (nSPS) is 10.9. The van der Waals surface area contributed by atoms with Gasteiger partial charge in [0.05, 0.1) is 17.0 Å². The van der Waals surface area contributed by atoms with Gasteiger partial charge in [0.1, 0.15) is 0 Å². The van der Waals surface area contributed by atoms with E-state index in [4.69, 9.17) is 0 Å². The molecule has 0 atom stereocenters. The SMILES string of the molecule is CCNc1nc(-c2cc(C(C)C)n[nH]c2=O)cs1. The summed E-state index contributed by atoms with van der Waals surface area (Å²) in [7, 11) is 0. The fraction of sp³-hybridized carbons (Fsp3) is 0.417. The first-order chi connectivity index (χ1) is 8.61. The van der Waals surface area contributed by atoms with Crippen LogP contribution in [0.25, 0.3) is 11.3 Å². The number of rotatable bonds is 4. The van der Waals surface area contributed by atoms with Gasteiger partial charge >= 0.3 is 0 Å². The molecular formula is C12H16N4OS. The van der Waals surface area contributed by atoms with E-state index in [0.29, 0.717) is 11.3 Å². The van der Waals surface area contributed by atoms with E-state index in [1.165, 1.54) is 11.3 Å². The number of thiazole rings is 1. The van der Waals surface area contributed by atoms with Crippen LogP contribution in [0.3, 0.4) is 0 Å². The molecule has 0 fully saturated rings. The number of nitrogens with zero attached hydrogens (tertiary/aromatic N) is 2. The summed E-state index contributed by atoms with van der Waals surface area (Å²) >= 11 is 1.50. The van der Waals surface area contributed by atoms with Crippen LogP contribution in [-0.2, 0) is 0 Å². The van der Waals surface area contributed by atoms with Crippen molar-refractivity contribution in [2.75, 3.05) is 11.9 Å². The maximum atomic E-state index is 11.8. The fourth-order valence-electron chi connectivity index (χ4n) is 1.54. The second-order valence-electron chi connectivity index (χ2n) is 4.26. The molecule has 0 amide bonds. The molecule has 2 aromatic heterocycles. The second-order valence-corrected chi connectivity index (χ2v) is 5.12. The molecule has 0 aromatic carbocycles. The zero-order chi connectivity index (χ0) is 13.1. The zero-order valence-electron chi connectivity index (χ0n) is 10.7. The lowest BCUT2D eigenvalue weighted by Gasteiger charge is -2.04. The van der Waals surface area contributed by atoms with E-state index < -0.39 is 0 Å². The van der Waals surface area contributed by atoms with Crippen LogP contribution >= 0.6 is 11.3 Å². The Morgan fingerprint density at radius 1 is 1.50 bits per heavy atom. The van der Waals surface area contributed by atoms with Crippen LogP contribution in [0.4, 0.5) is 5.13 Å². The summed E-state index contributed by atoms with van der Waals surface area (Å²) in [5.41, 5.74) is 1.94. The van der Waals surface area contributed by atoms with Crippen LogP contribution in [0.2, 0.25) is 0 Å². The summed E-state index contributed by atoms with van der Waals surface area (Å²) in [4.78, 5) is 16.2. The van der Waals surface area contributed by atoms with E-state index in [1.54, 1.807) is 0 Å². The smallest absolute Gasteiger partial charge is 0.273 e. The van der Waals surface area contributed by atoms with Gasteiger partial charge in [0, 0.05) is 11.9 Å². The Bertz CT molecular complexity index is 588. The van der Waals surface area contributed by atoms with Crippen molar-refractivity contribution in [3.05, 3.63) is 27.5 Å². The molecule has 18 heavy (non-hydrogen) atoms. The van der Waals surface area contributed by atoms with E-state index in [2.05, 4.69) is 20.5 Å². The lowest BCUT2D eigenvalue weighted by Crippen LogP contribution is -2.13. The molecule has 0 unspecified atom stereocenters. The van der Waals surface area contributed by atoms with Crippen LogP contribution in [0.15, 0.2) is 16.2 Å². The number of nitrogens with one attached hydrogen (secondary N) is 2.